The fraction of sp³-hybridized carbons (Fsp3) is 0. The Morgan fingerprint density at radius 2 is 0.333 bits per heavy atom. The molecule has 0 aliphatic carbocycles. The van der Waals surface area contributed by atoms with Crippen molar-refractivity contribution in [3.05, 3.63) is 221 Å². The molecule has 0 aromatic heterocycles. The molecule has 0 aliphatic heterocycles. The van der Waals surface area contributed by atoms with Gasteiger partial charge in [0.2, 0.25) is 0 Å². The maximum absolute atomic E-state index is 3.00. The summed E-state index contributed by atoms with van der Waals surface area (Å²) >= 11 is 0. The molecule has 0 bridgehead atoms. The molecule has 1 radical (unpaired) electrons. The zero-order valence-corrected chi connectivity index (χ0v) is 30.3. The second-order valence-electron chi connectivity index (χ2n) is 8.95. The van der Waals surface area contributed by atoms with Gasteiger partial charge in [0, 0.05) is 20.1 Å². The van der Waals surface area contributed by atoms with Crippen LogP contribution in [0.2, 0.25) is 0 Å². The van der Waals surface area contributed by atoms with E-state index in [9.17, 15) is 0 Å². The van der Waals surface area contributed by atoms with Crippen LogP contribution in [0.4, 0.5) is 0 Å². The second kappa shape index (κ2) is 24.4. The Bertz CT molecular complexity index is 1220. The third kappa shape index (κ3) is 12.5. The Balaban J connectivity index is 0.000000379. The van der Waals surface area contributed by atoms with Crippen molar-refractivity contribution in [2.45, 2.75) is 0 Å². The third-order valence-corrected chi connectivity index (χ3v) is 11.8. The molecule has 0 fully saturated rings. The van der Waals surface area contributed by atoms with Crippen LogP contribution in [0.15, 0.2) is 221 Å². The number of hydrogen-bond donors (Lipinski definition) is 0. The van der Waals surface area contributed by atoms with E-state index >= 15 is 0 Å². The Morgan fingerprint density at radius 3 is 0.444 bits per heavy atom. The van der Waals surface area contributed by atoms with Crippen molar-refractivity contribution < 1.29 is 20.1 Å². The standard InChI is InChI=1S/2C18H15P.3C2H4.Ir/c2*1-4-10-16(11-5-1)19(17-12-6-2-7-13-17)18-14-8-3-9-15-18;3*1-2;/h2*1-15H;3*1-2H2;/p+2. The summed E-state index contributed by atoms with van der Waals surface area (Å²) < 4.78 is 0. The van der Waals surface area contributed by atoms with E-state index in [1.807, 2.05) is 0 Å². The maximum atomic E-state index is 3.00. The first-order chi connectivity index (χ1) is 21.9. The van der Waals surface area contributed by atoms with E-state index in [4.69, 9.17) is 0 Å². The summed E-state index contributed by atoms with van der Waals surface area (Å²) in [6.45, 7) is 18.0. The largest absolute Gasteiger partial charge is 0.106 e. The molecular weight excluding hydrogens is 759 g/mol. The van der Waals surface area contributed by atoms with Crippen molar-refractivity contribution >= 4 is 47.7 Å². The minimum Gasteiger partial charge on any atom is -0.106 e. The van der Waals surface area contributed by atoms with Crippen molar-refractivity contribution in [1.29, 1.82) is 0 Å². The molecule has 6 aromatic carbocycles. The van der Waals surface area contributed by atoms with E-state index in [2.05, 4.69) is 221 Å². The second-order valence-corrected chi connectivity index (χ2v) is 13.9. The fourth-order valence-electron chi connectivity index (χ4n) is 4.63. The minimum atomic E-state index is -0.877. The molecular formula is C42H44IrP2+2. The van der Waals surface area contributed by atoms with Gasteiger partial charge in [0.1, 0.15) is 31.8 Å². The first-order valence-corrected chi connectivity index (χ1v) is 17.5. The Labute approximate surface area is 287 Å². The van der Waals surface area contributed by atoms with Crippen molar-refractivity contribution in [3.8, 4) is 0 Å². The maximum Gasteiger partial charge on any atom is 0.102 e. The van der Waals surface area contributed by atoms with Gasteiger partial charge in [-0.15, -0.1) is 39.5 Å². The third-order valence-electron chi connectivity index (χ3n) is 6.37. The zero-order valence-electron chi connectivity index (χ0n) is 25.9. The molecule has 3 heteroatoms. The molecule has 6 rings (SSSR count). The number of hydrogen-bond acceptors (Lipinski definition) is 0. The van der Waals surface area contributed by atoms with Crippen LogP contribution < -0.4 is 31.8 Å². The summed E-state index contributed by atoms with van der Waals surface area (Å²) in [7, 11) is -1.75. The van der Waals surface area contributed by atoms with E-state index in [0.29, 0.717) is 0 Å². The summed E-state index contributed by atoms with van der Waals surface area (Å²) in [4.78, 5) is 0. The summed E-state index contributed by atoms with van der Waals surface area (Å²) in [5, 5.41) is 8.61. The quantitative estimate of drug-likeness (QED) is 0.117. The Morgan fingerprint density at radius 1 is 0.222 bits per heavy atom. The summed E-state index contributed by atoms with van der Waals surface area (Å²) in [6.07, 6.45) is 0. The fourth-order valence-corrected chi connectivity index (χ4v) is 9.78. The summed E-state index contributed by atoms with van der Waals surface area (Å²) in [5.41, 5.74) is 0. The van der Waals surface area contributed by atoms with Gasteiger partial charge in [-0.25, -0.2) is 0 Å². The molecule has 0 aliphatic rings. The van der Waals surface area contributed by atoms with Crippen LogP contribution in [-0.4, -0.2) is 0 Å². The van der Waals surface area contributed by atoms with Crippen LogP contribution in [-0.2, 0) is 20.1 Å². The smallest absolute Gasteiger partial charge is 0.102 e. The van der Waals surface area contributed by atoms with Gasteiger partial charge in [-0.2, -0.15) is 0 Å². The van der Waals surface area contributed by atoms with Gasteiger partial charge in [-0.05, 0) is 72.8 Å². The molecule has 0 saturated carbocycles. The van der Waals surface area contributed by atoms with Gasteiger partial charge in [0.25, 0.3) is 0 Å². The molecule has 0 spiro atoms. The predicted octanol–water partition coefficient (Wildman–Crippen LogP) is 8.76. The predicted molar refractivity (Wildman–Crippen MR) is 207 cm³/mol. The van der Waals surface area contributed by atoms with Crippen molar-refractivity contribution in [3.63, 3.8) is 0 Å². The summed E-state index contributed by atoms with van der Waals surface area (Å²) in [5.74, 6) is 0. The monoisotopic (exact) mass is 803 g/mol. The zero-order chi connectivity index (χ0) is 31.8. The first kappa shape index (κ1) is 39.1. The van der Waals surface area contributed by atoms with Gasteiger partial charge in [0.05, 0.1) is 15.8 Å². The van der Waals surface area contributed by atoms with Crippen molar-refractivity contribution in [2.24, 2.45) is 0 Å². The van der Waals surface area contributed by atoms with Gasteiger partial charge in [0.15, 0.2) is 0 Å². The normalized spacial score (nSPS) is 9.20. The van der Waals surface area contributed by atoms with Crippen LogP contribution in [0.3, 0.4) is 0 Å². The molecule has 0 nitrogen and oxygen atoms in total. The van der Waals surface area contributed by atoms with E-state index < -0.39 is 15.8 Å². The van der Waals surface area contributed by atoms with Gasteiger partial charge in [-0.3, -0.25) is 0 Å². The Kier molecular flexibility index (Phi) is 21.2. The molecule has 6 aromatic rings. The van der Waals surface area contributed by atoms with E-state index in [1.54, 1.807) is 0 Å². The molecule has 0 N–H and O–H groups in total. The average Bonchev–Trinajstić information content (AvgIpc) is 3.14. The van der Waals surface area contributed by atoms with E-state index in [0.717, 1.165) is 0 Å². The van der Waals surface area contributed by atoms with Crippen molar-refractivity contribution in [1.82, 2.24) is 0 Å². The van der Waals surface area contributed by atoms with Crippen molar-refractivity contribution in [2.75, 3.05) is 0 Å². The SMILES string of the molecule is C=C.C=C.C=C.[Ir].c1ccc([PH+](c2ccccc2)c2ccccc2)cc1.c1ccc([PH+](c2ccccc2)c2ccccc2)cc1. The average molecular weight is 803 g/mol. The minimum absolute atomic E-state index is 0. The molecule has 229 valence electrons. The molecule has 0 atom stereocenters. The van der Waals surface area contributed by atoms with Gasteiger partial charge >= 0.3 is 0 Å². The number of benzene rings is 6. The molecule has 0 amide bonds. The molecule has 0 heterocycles. The van der Waals surface area contributed by atoms with E-state index in [-0.39, 0.29) is 20.1 Å². The molecule has 0 unspecified atom stereocenters. The van der Waals surface area contributed by atoms with Crippen LogP contribution in [0.25, 0.3) is 0 Å². The van der Waals surface area contributed by atoms with Crippen LogP contribution in [0.1, 0.15) is 0 Å². The van der Waals surface area contributed by atoms with Gasteiger partial charge < -0.3 is 0 Å². The summed E-state index contributed by atoms with van der Waals surface area (Å²) in [6, 6.07) is 65.0. The number of rotatable bonds is 6. The topological polar surface area (TPSA) is 0 Å². The van der Waals surface area contributed by atoms with Gasteiger partial charge in [-0.1, -0.05) is 109 Å². The van der Waals surface area contributed by atoms with E-state index in [1.165, 1.54) is 31.8 Å². The van der Waals surface area contributed by atoms with Crippen LogP contribution >= 0.6 is 15.8 Å². The molecule has 45 heavy (non-hydrogen) atoms. The van der Waals surface area contributed by atoms with Crippen LogP contribution in [0, 0.1) is 0 Å². The first-order valence-electron chi connectivity index (χ1n) is 14.5. The van der Waals surface area contributed by atoms with Crippen LogP contribution in [0.5, 0.6) is 0 Å². The Hall–Kier alpha value is -3.95. The molecule has 0 saturated heterocycles.